The lowest BCUT2D eigenvalue weighted by molar-refractivity contribution is -0.128. The summed E-state index contributed by atoms with van der Waals surface area (Å²) in [6.45, 7) is 2.97. The number of β-amino-alcohol motifs (C(OH)–C–C–N with tert-alkyl or cyclic N) is 1. The Morgan fingerprint density at radius 2 is 2.21 bits per heavy atom. The highest BCUT2D eigenvalue weighted by Crippen LogP contribution is 2.14. The smallest absolute Gasteiger partial charge is 0.242 e. The van der Waals surface area contributed by atoms with Crippen molar-refractivity contribution in [3.05, 3.63) is 29.8 Å². The number of methoxy groups -OCH3 is 1. The van der Waals surface area contributed by atoms with E-state index in [-0.39, 0.29) is 17.7 Å². The zero-order valence-corrected chi connectivity index (χ0v) is 14.0. The minimum atomic E-state index is -0.666. The van der Waals surface area contributed by atoms with Gasteiger partial charge >= 0.3 is 0 Å². The molecule has 0 aliphatic carbocycles. The van der Waals surface area contributed by atoms with Crippen molar-refractivity contribution in [1.29, 1.82) is 0 Å². The van der Waals surface area contributed by atoms with Crippen LogP contribution in [0.5, 0.6) is 5.75 Å². The number of aliphatic hydroxyl groups excluding tert-OH is 1. The quantitative estimate of drug-likeness (QED) is 0.535. The van der Waals surface area contributed by atoms with Crippen molar-refractivity contribution in [3.8, 4) is 5.75 Å². The molecule has 2 rings (SSSR count). The maximum Gasteiger partial charge on any atom is 0.242 e. The van der Waals surface area contributed by atoms with Gasteiger partial charge in [0, 0.05) is 38.9 Å². The monoisotopic (exact) mass is 335 g/mol. The van der Waals surface area contributed by atoms with Crippen molar-refractivity contribution >= 4 is 11.8 Å². The molecule has 4 N–H and O–H groups in total. The van der Waals surface area contributed by atoms with E-state index in [0.717, 1.165) is 5.56 Å². The molecule has 1 aromatic carbocycles. The summed E-state index contributed by atoms with van der Waals surface area (Å²) >= 11 is 0. The number of rotatable bonds is 7. The summed E-state index contributed by atoms with van der Waals surface area (Å²) in [7, 11) is 1.58. The van der Waals surface area contributed by atoms with E-state index in [1.165, 1.54) is 6.92 Å². The second-order valence-corrected chi connectivity index (χ2v) is 6.04. The van der Waals surface area contributed by atoms with Gasteiger partial charge in [-0.2, -0.15) is 0 Å². The molecule has 0 aromatic heterocycles. The van der Waals surface area contributed by atoms with E-state index in [9.17, 15) is 14.7 Å². The van der Waals surface area contributed by atoms with Crippen LogP contribution in [0.2, 0.25) is 0 Å². The van der Waals surface area contributed by atoms with Crippen LogP contribution in [-0.2, 0) is 16.0 Å². The molecule has 1 saturated heterocycles. The molecule has 132 valence electrons. The number of aliphatic hydroxyl groups is 1. The van der Waals surface area contributed by atoms with Gasteiger partial charge in [0.05, 0.1) is 13.2 Å². The maximum absolute atomic E-state index is 12.4. The average molecular weight is 335 g/mol. The van der Waals surface area contributed by atoms with Crippen LogP contribution in [0, 0.1) is 5.92 Å². The van der Waals surface area contributed by atoms with Crippen LogP contribution in [0.25, 0.3) is 0 Å². The fraction of sp³-hybridized carbons (Fsp3) is 0.529. The lowest BCUT2D eigenvalue weighted by atomic mass is 10.0. The van der Waals surface area contributed by atoms with Crippen LogP contribution < -0.4 is 20.7 Å². The predicted octanol–water partition coefficient (Wildman–Crippen LogP) is -0.561. The number of benzene rings is 1. The molecule has 2 amide bonds. The molecule has 0 saturated carbocycles. The highest BCUT2D eigenvalue weighted by atomic mass is 16.5. The third kappa shape index (κ3) is 5.21. The lowest BCUT2D eigenvalue weighted by Gasteiger charge is -2.20. The molecule has 0 radical (unpaired) electrons. The fourth-order valence-corrected chi connectivity index (χ4v) is 2.77. The van der Waals surface area contributed by atoms with Crippen LogP contribution in [-0.4, -0.2) is 55.8 Å². The summed E-state index contributed by atoms with van der Waals surface area (Å²) in [5.74, 6) is 0.172. The Hall–Kier alpha value is -2.12. The zero-order chi connectivity index (χ0) is 17.5. The fourth-order valence-electron chi connectivity index (χ4n) is 2.77. The molecule has 1 aliphatic rings. The Morgan fingerprint density at radius 3 is 2.83 bits per heavy atom. The highest BCUT2D eigenvalue weighted by Gasteiger charge is 2.27. The van der Waals surface area contributed by atoms with Gasteiger partial charge in [0.25, 0.3) is 0 Å². The van der Waals surface area contributed by atoms with Crippen molar-refractivity contribution in [1.82, 2.24) is 16.0 Å². The molecule has 1 fully saturated rings. The van der Waals surface area contributed by atoms with Gasteiger partial charge in [0.15, 0.2) is 0 Å². The van der Waals surface area contributed by atoms with Crippen LogP contribution in [0.1, 0.15) is 12.5 Å². The number of carbonyl (C=O) groups excluding carboxylic acids is 2. The Balaban J connectivity index is 1.98. The molecule has 7 heteroatoms. The first kappa shape index (κ1) is 18.2. The van der Waals surface area contributed by atoms with Crippen LogP contribution in [0.3, 0.4) is 0 Å². The van der Waals surface area contributed by atoms with Crippen molar-refractivity contribution in [2.24, 2.45) is 5.92 Å². The summed E-state index contributed by atoms with van der Waals surface area (Å²) < 4.78 is 5.18. The summed E-state index contributed by atoms with van der Waals surface area (Å²) in [6, 6.07) is 6.73. The normalized spacial score (nSPS) is 21.1. The van der Waals surface area contributed by atoms with E-state index >= 15 is 0 Å². The first-order chi connectivity index (χ1) is 11.5. The van der Waals surface area contributed by atoms with E-state index in [4.69, 9.17) is 4.74 Å². The number of ether oxygens (including phenoxy) is 1. The van der Waals surface area contributed by atoms with Crippen molar-refractivity contribution in [3.63, 3.8) is 0 Å². The van der Waals surface area contributed by atoms with Gasteiger partial charge in [-0.25, -0.2) is 0 Å². The third-order valence-electron chi connectivity index (χ3n) is 4.11. The Morgan fingerprint density at radius 1 is 1.42 bits per heavy atom. The molecule has 0 spiro atoms. The van der Waals surface area contributed by atoms with E-state index in [1.54, 1.807) is 7.11 Å². The summed E-state index contributed by atoms with van der Waals surface area (Å²) in [5.41, 5.74) is 0.894. The number of carbonyl (C=O) groups is 2. The second kappa shape index (κ2) is 8.65. The number of hydrogen-bond acceptors (Lipinski definition) is 5. The first-order valence-electron chi connectivity index (χ1n) is 8.06. The number of nitrogens with one attached hydrogen (secondary N) is 3. The van der Waals surface area contributed by atoms with Crippen LogP contribution in [0.4, 0.5) is 0 Å². The maximum atomic E-state index is 12.4. The van der Waals surface area contributed by atoms with E-state index < -0.39 is 12.1 Å². The molecular weight excluding hydrogens is 310 g/mol. The van der Waals surface area contributed by atoms with Gasteiger partial charge in [0.2, 0.25) is 11.8 Å². The minimum Gasteiger partial charge on any atom is -0.497 e. The van der Waals surface area contributed by atoms with Crippen LogP contribution >= 0.6 is 0 Å². The average Bonchev–Trinajstić information content (AvgIpc) is 2.97. The summed E-state index contributed by atoms with van der Waals surface area (Å²) in [6.07, 6.45) is -0.0865. The van der Waals surface area contributed by atoms with Crippen molar-refractivity contribution < 1.29 is 19.4 Å². The van der Waals surface area contributed by atoms with E-state index in [0.29, 0.717) is 31.8 Å². The van der Waals surface area contributed by atoms with Crippen molar-refractivity contribution in [2.75, 3.05) is 26.7 Å². The Kier molecular flexibility index (Phi) is 6.57. The van der Waals surface area contributed by atoms with Crippen molar-refractivity contribution in [2.45, 2.75) is 25.5 Å². The van der Waals surface area contributed by atoms with Crippen LogP contribution in [0.15, 0.2) is 24.3 Å². The molecule has 24 heavy (non-hydrogen) atoms. The first-order valence-corrected chi connectivity index (χ1v) is 8.06. The molecular formula is C17H25N3O4. The Bertz CT molecular complexity index is 579. The highest BCUT2D eigenvalue weighted by molar-refractivity contribution is 5.87. The predicted molar refractivity (Wildman–Crippen MR) is 89.7 cm³/mol. The van der Waals surface area contributed by atoms with E-state index in [2.05, 4.69) is 16.0 Å². The van der Waals surface area contributed by atoms with E-state index in [1.807, 2.05) is 24.3 Å². The van der Waals surface area contributed by atoms with Gasteiger partial charge in [0.1, 0.15) is 11.8 Å². The topological polar surface area (TPSA) is 99.7 Å². The zero-order valence-electron chi connectivity index (χ0n) is 14.0. The molecule has 7 nitrogen and oxygen atoms in total. The molecule has 3 unspecified atom stereocenters. The van der Waals surface area contributed by atoms with Gasteiger partial charge in [-0.05, 0) is 17.7 Å². The molecule has 1 heterocycles. The minimum absolute atomic E-state index is 0.0104. The summed E-state index contributed by atoms with van der Waals surface area (Å²) in [5, 5.41) is 18.4. The van der Waals surface area contributed by atoms with Gasteiger partial charge in [-0.15, -0.1) is 0 Å². The molecule has 1 aromatic rings. The second-order valence-electron chi connectivity index (χ2n) is 6.04. The number of amides is 2. The van der Waals surface area contributed by atoms with Gasteiger partial charge in [-0.3, -0.25) is 9.59 Å². The lowest BCUT2D eigenvalue weighted by Crippen LogP contribution is -2.49. The van der Waals surface area contributed by atoms with Gasteiger partial charge in [-0.1, -0.05) is 12.1 Å². The third-order valence-corrected chi connectivity index (χ3v) is 4.11. The summed E-state index contributed by atoms with van der Waals surface area (Å²) in [4.78, 5) is 23.9. The largest absolute Gasteiger partial charge is 0.497 e. The molecule has 3 atom stereocenters. The standard InChI is InChI=1S/C17H25N3O4/c1-11(21)20-15(7-12-4-3-5-14(6-12)24-2)17(23)19-9-13-8-18-10-16(13)22/h3-6,13,15-16,18,22H,7-10H2,1-2H3,(H,19,23)(H,20,21). The number of hydrogen-bond donors (Lipinski definition) is 4. The molecule has 0 bridgehead atoms. The van der Waals surface area contributed by atoms with Gasteiger partial charge < -0.3 is 25.8 Å². The molecule has 1 aliphatic heterocycles. The Labute approximate surface area is 141 Å². The SMILES string of the molecule is COc1cccc(CC(NC(C)=O)C(=O)NCC2CNCC2O)c1.